The Labute approximate surface area is 190 Å². The van der Waals surface area contributed by atoms with Gasteiger partial charge in [0.2, 0.25) is 0 Å². The molecule has 1 N–H and O–H groups in total. The zero-order valence-electron chi connectivity index (χ0n) is 19.4. The van der Waals surface area contributed by atoms with E-state index >= 15 is 0 Å². The van der Waals surface area contributed by atoms with E-state index in [1.807, 2.05) is 6.92 Å². The van der Waals surface area contributed by atoms with Gasteiger partial charge in [-0.25, -0.2) is 4.79 Å². The van der Waals surface area contributed by atoms with Crippen LogP contribution < -0.4 is 10.2 Å². The second-order valence-corrected chi connectivity index (χ2v) is 8.76. The van der Waals surface area contributed by atoms with Gasteiger partial charge in [0.25, 0.3) is 0 Å². The molecule has 0 saturated carbocycles. The van der Waals surface area contributed by atoms with Gasteiger partial charge in [-0.3, -0.25) is 4.79 Å². The number of dihydropyridines is 1. The minimum Gasteiger partial charge on any atom is -0.459 e. The third-order valence-corrected chi connectivity index (χ3v) is 6.78. The number of ether oxygens (including phenoxy) is 2. The first-order chi connectivity index (χ1) is 15.5. The molecule has 0 bridgehead atoms. The predicted molar refractivity (Wildman–Crippen MR) is 124 cm³/mol. The summed E-state index contributed by atoms with van der Waals surface area (Å²) in [5.41, 5.74) is 5.07. The molecule has 2 atom stereocenters. The van der Waals surface area contributed by atoms with E-state index in [4.69, 9.17) is 9.47 Å². The second kappa shape index (κ2) is 9.90. The number of carbonyl (C=O) groups excluding carboxylic acids is 2. The summed E-state index contributed by atoms with van der Waals surface area (Å²) >= 11 is 0. The third kappa shape index (κ3) is 4.46. The van der Waals surface area contributed by atoms with Crippen LogP contribution in [0.15, 0.2) is 46.8 Å². The Morgan fingerprint density at radius 1 is 1.16 bits per heavy atom. The molecule has 1 fully saturated rings. The fourth-order valence-corrected chi connectivity index (χ4v) is 5.08. The average molecular weight is 439 g/mol. The lowest BCUT2D eigenvalue weighted by molar-refractivity contribution is -0.142. The number of benzene rings is 1. The lowest BCUT2D eigenvalue weighted by atomic mass is 9.75. The highest BCUT2D eigenvalue weighted by Crippen LogP contribution is 2.42. The molecule has 0 unspecified atom stereocenters. The Bertz CT molecular complexity index is 922. The molecule has 2 heterocycles. The normalized spacial score (nSPS) is 23.2. The van der Waals surface area contributed by atoms with Gasteiger partial charge >= 0.3 is 5.97 Å². The lowest BCUT2D eigenvalue weighted by Crippen LogP contribution is -2.35. The van der Waals surface area contributed by atoms with E-state index in [1.165, 1.54) is 0 Å². The maximum absolute atomic E-state index is 13.3. The Morgan fingerprint density at radius 2 is 1.91 bits per heavy atom. The molecule has 0 radical (unpaired) electrons. The smallest absolute Gasteiger partial charge is 0.336 e. The van der Waals surface area contributed by atoms with Gasteiger partial charge in [-0.15, -0.1) is 0 Å². The molecule has 0 amide bonds. The van der Waals surface area contributed by atoms with Gasteiger partial charge in [0, 0.05) is 54.7 Å². The number of hydrogen-bond acceptors (Lipinski definition) is 6. The van der Waals surface area contributed by atoms with Gasteiger partial charge in [0.05, 0.1) is 11.7 Å². The molecule has 6 nitrogen and oxygen atoms in total. The van der Waals surface area contributed by atoms with Crippen LogP contribution in [-0.2, 0) is 19.1 Å². The molecule has 1 saturated heterocycles. The van der Waals surface area contributed by atoms with Crippen LogP contribution in [0.4, 0.5) is 5.69 Å². The van der Waals surface area contributed by atoms with Gasteiger partial charge < -0.3 is 19.7 Å². The highest BCUT2D eigenvalue weighted by Gasteiger charge is 2.39. The summed E-state index contributed by atoms with van der Waals surface area (Å²) in [5.74, 6) is -0.650. The standard InChI is InChI=1S/C26H34N2O4/c1-4-28(5-2)19-13-11-18(12-14-19)24-23(26(30)32-16-20-8-7-15-31-20)17(3)27-21-9-6-10-22(29)25(21)24/h11-14,20,24,27H,4-10,15-16H2,1-3H3/t20-,24-/m1/s1. The monoisotopic (exact) mass is 438 g/mol. The van der Waals surface area contributed by atoms with E-state index in [0.717, 1.165) is 73.6 Å². The summed E-state index contributed by atoms with van der Waals surface area (Å²) in [7, 11) is 0. The van der Waals surface area contributed by atoms with Crippen LogP contribution in [0.5, 0.6) is 0 Å². The number of Topliss-reactive ketones (excluding diaryl/α,β-unsaturated/α-hetero) is 1. The maximum atomic E-state index is 13.3. The Balaban J connectivity index is 1.67. The summed E-state index contributed by atoms with van der Waals surface area (Å²) < 4.78 is 11.3. The van der Waals surface area contributed by atoms with E-state index in [-0.39, 0.29) is 24.5 Å². The molecule has 4 rings (SSSR count). The summed E-state index contributed by atoms with van der Waals surface area (Å²) in [6, 6.07) is 8.28. The highest BCUT2D eigenvalue weighted by atomic mass is 16.6. The summed E-state index contributed by atoms with van der Waals surface area (Å²) in [5, 5.41) is 3.35. The quantitative estimate of drug-likeness (QED) is 0.643. The number of nitrogens with zero attached hydrogens (tertiary/aromatic N) is 1. The number of carbonyl (C=O) groups is 2. The fourth-order valence-electron chi connectivity index (χ4n) is 5.08. The van der Waals surface area contributed by atoms with E-state index in [0.29, 0.717) is 12.0 Å². The number of rotatable bonds is 7. The van der Waals surface area contributed by atoms with E-state index in [2.05, 4.69) is 48.3 Å². The van der Waals surface area contributed by atoms with Crippen LogP contribution >= 0.6 is 0 Å². The van der Waals surface area contributed by atoms with E-state index < -0.39 is 5.92 Å². The number of nitrogens with one attached hydrogen (secondary N) is 1. The van der Waals surface area contributed by atoms with Gasteiger partial charge in [-0.2, -0.15) is 0 Å². The molecular weight excluding hydrogens is 404 g/mol. The zero-order chi connectivity index (χ0) is 22.7. The zero-order valence-corrected chi connectivity index (χ0v) is 19.4. The minimum absolute atomic E-state index is 0.0331. The number of anilines is 1. The minimum atomic E-state index is -0.401. The van der Waals surface area contributed by atoms with Crippen molar-refractivity contribution in [3.63, 3.8) is 0 Å². The molecule has 6 heteroatoms. The first kappa shape index (κ1) is 22.6. The average Bonchev–Trinajstić information content (AvgIpc) is 3.32. The van der Waals surface area contributed by atoms with Gasteiger partial charge in [0.1, 0.15) is 6.61 Å². The molecule has 0 aromatic heterocycles. The molecule has 1 aromatic rings. The Kier molecular flexibility index (Phi) is 6.99. The highest BCUT2D eigenvalue weighted by molar-refractivity contribution is 6.03. The molecule has 2 aliphatic heterocycles. The molecule has 3 aliphatic rings. The lowest BCUT2D eigenvalue weighted by Gasteiger charge is -2.34. The van der Waals surface area contributed by atoms with Crippen molar-refractivity contribution in [2.75, 3.05) is 31.2 Å². The van der Waals surface area contributed by atoms with Crippen LogP contribution in [0.1, 0.15) is 64.4 Å². The van der Waals surface area contributed by atoms with Crippen molar-refractivity contribution < 1.29 is 19.1 Å². The summed E-state index contributed by atoms with van der Waals surface area (Å²) in [6.45, 7) is 9.00. The van der Waals surface area contributed by atoms with Crippen molar-refractivity contribution in [3.8, 4) is 0 Å². The van der Waals surface area contributed by atoms with Crippen molar-refractivity contribution in [1.29, 1.82) is 0 Å². The Hall–Kier alpha value is -2.60. The van der Waals surface area contributed by atoms with Crippen molar-refractivity contribution in [3.05, 3.63) is 52.4 Å². The predicted octanol–water partition coefficient (Wildman–Crippen LogP) is 4.22. The van der Waals surface area contributed by atoms with Crippen molar-refractivity contribution in [2.45, 2.75) is 64.9 Å². The molecule has 0 spiro atoms. The third-order valence-electron chi connectivity index (χ3n) is 6.78. The maximum Gasteiger partial charge on any atom is 0.336 e. The van der Waals surface area contributed by atoms with Crippen LogP contribution in [0.3, 0.4) is 0 Å². The molecule has 1 aliphatic carbocycles. The van der Waals surface area contributed by atoms with Crippen molar-refractivity contribution in [2.24, 2.45) is 0 Å². The number of ketones is 1. The van der Waals surface area contributed by atoms with Crippen LogP contribution in [-0.4, -0.2) is 44.2 Å². The van der Waals surface area contributed by atoms with Crippen LogP contribution in [0.2, 0.25) is 0 Å². The molecule has 172 valence electrons. The van der Waals surface area contributed by atoms with E-state index in [9.17, 15) is 9.59 Å². The topological polar surface area (TPSA) is 67.9 Å². The van der Waals surface area contributed by atoms with Crippen LogP contribution in [0, 0.1) is 0 Å². The van der Waals surface area contributed by atoms with Gasteiger partial charge in [0.15, 0.2) is 5.78 Å². The number of allylic oxidation sites excluding steroid dienone is 3. The van der Waals surface area contributed by atoms with E-state index in [1.54, 1.807) is 0 Å². The summed E-state index contributed by atoms with van der Waals surface area (Å²) in [6.07, 6.45) is 4.06. The molecular formula is C26H34N2O4. The van der Waals surface area contributed by atoms with Crippen LogP contribution in [0.25, 0.3) is 0 Å². The van der Waals surface area contributed by atoms with Gasteiger partial charge in [-0.1, -0.05) is 12.1 Å². The second-order valence-electron chi connectivity index (χ2n) is 8.76. The van der Waals surface area contributed by atoms with Crippen molar-refractivity contribution >= 4 is 17.4 Å². The molecule has 32 heavy (non-hydrogen) atoms. The van der Waals surface area contributed by atoms with Crippen molar-refractivity contribution in [1.82, 2.24) is 5.32 Å². The molecule has 1 aromatic carbocycles. The largest absolute Gasteiger partial charge is 0.459 e. The first-order valence-corrected chi connectivity index (χ1v) is 11.9. The first-order valence-electron chi connectivity index (χ1n) is 11.9. The Morgan fingerprint density at radius 3 is 2.56 bits per heavy atom. The van der Waals surface area contributed by atoms with Gasteiger partial charge in [-0.05, 0) is 64.2 Å². The number of hydrogen-bond donors (Lipinski definition) is 1. The fraction of sp³-hybridized carbons (Fsp3) is 0.538. The number of esters is 1. The summed E-state index contributed by atoms with van der Waals surface area (Å²) in [4.78, 5) is 28.6. The SMILES string of the molecule is CCN(CC)c1ccc([C@@H]2C(C(=O)OC[C@H]3CCCO3)=C(C)NC3=C2C(=O)CCC3)cc1.